The Morgan fingerprint density at radius 3 is 2.57 bits per heavy atom. The minimum Gasteiger partial charge on any atom is -0.381 e. The lowest BCUT2D eigenvalue weighted by Crippen LogP contribution is -2.40. The Morgan fingerprint density at radius 2 is 1.79 bits per heavy atom. The standard InChI is InChI=1S/C12H23NO/c1-11-3-2-7-13(8-4-11)12-5-9-14-10-6-12/h11-12H,2-10H2,1H3/t11-/m1/s1. The average molecular weight is 197 g/mol. The molecule has 0 spiro atoms. The van der Waals surface area contributed by atoms with Crippen molar-refractivity contribution in [3.8, 4) is 0 Å². The van der Waals surface area contributed by atoms with Crippen molar-refractivity contribution in [3.63, 3.8) is 0 Å². The summed E-state index contributed by atoms with van der Waals surface area (Å²) in [4.78, 5) is 2.71. The second-order valence-corrected chi connectivity index (χ2v) is 4.92. The van der Waals surface area contributed by atoms with E-state index in [2.05, 4.69) is 11.8 Å². The summed E-state index contributed by atoms with van der Waals surface area (Å²) in [7, 11) is 0. The highest BCUT2D eigenvalue weighted by atomic mass is 16.5. The fourth-order valence-electron chi connectivity index (χ4n) is 2.70. The third-order valence-corrected chi connectivity index (χ3v) is 3.76. The van der Waals surface area contributed by atoms with Crippen LogP contribution in [0.25, 0.3) is 0 Å². The van der Waals surface area contributed by atoms with E-state index >= 15 is 0 Å². The van der Waals surface area contributed by atoms with Crippen molar-refractivity contribution in [2.45, 2.75) is 45.1 Å². The lowest BCUT2D eigenvalue weighted by atomic mass is 10.0. The number of nitrogens with zero attached hydrogens (tertiary/aromatic N) is 1. The molecule has 1 atom stereocenters. The summed E-state index contributed by atoms with van der Waals surface area (Å²) in [6, 6.07) is 0.828. The van der Waals surface area contributed by atoms with Gasteiger partial charge < -0.3 is 9.64 Å². The smallest absolute Gasteiger partial charge is 0.0480 e. The summed E-state index contributed by atoms with van der Waals surface area (Å²) < 4.78 is 5.42. The van der Waals surface area contributed by atoms with Crippen LogP contribution >= 0.6 is 0 Å². The zero-order valence-electron chi connectivity index (χ0n) is 9.37. The molecule has 0 aromatic heterocycles. The molecule has 0 bridgehead atoms. The van der Waals surface area contributed by atoms with E-state index in [1.807, 2.05) is 0 Å². The van der Waals surface area contributed by atoms with Crippen LogP contribution in [0.4, 0.5) is 0 Å². The molecule has 0 aliphatic carbocycles. The molecule has 0 aromatic rings. The Morgan fingerprint density at radius 1 is 1.00 bits per heavy atom. The van der Waals surface area contributed by atoms with Gasteiger partial charge >= 0.3 is 0 Å². The topological polar surface area (TPSA) is 12.5 Å². The maximum Gasteiger partial charge on any atom is 0.0480 e. The van der Waals surface area contributed by atoms with Crippen molar-refractivity contribution >= 4 is 0 Å². The fraction of sp³-hybridized carbons (Fsp3) is 1.00. The Labute approximate surface area is 87.6 Å². The summed E-state index contributed by atoms with van der Waals surface area (Å²) in [5, 5.41) is 0. The lowest BCUT2D eigenvalue weighted by molar-refractivity contribution is 0.0350. The van der Waals surface area contributed by atoms with E-state index in [9.17, 15) is 0 Å². The van der Waals surface area contributed by atoms with E-state index in [0.29, 0.717) is 0 Å². The van der Waals surface area contributed by atoms with Crippen molar-refractivity contribution in [2.24, 2.45) is 5.92 Å². The van der Waals surface area contributed by atoms with Crippen LogP contribution in [0.1, 0.15) is 39.0 Å². The molecular formula is C12H23NO. The van der Waals surface area contributed by atoms with Gasteiger partial charge in [0.1, 0.15) is 0 Å². The largest absolute Gasteiger partial charge is 0.381 e. The van der Waals surface area contributed by atoms with Gasteiger partial charge in [0, 0.05) is 19.3 Å². The van der Waals surface area contributed by atoms with Crippen LogP contribution in [0.3, 0.4) is 0 Å². The van der Waals surface area contributed by atoms with E-state index in [0.717, 1.165) is 25.2 Å². The number of rotatable bonds is 1. The average Bonchev–Trinajstić information content (AvgIpc) is 2.44. The molecule has 2 saturated heterocycles. The molecule has 2 rings (SSSR count). The van der Waals surface area contributed by atoms with E-state index < -0.39 is 0 Å². The summed E-state index contributed by atoms with van der Waals surface area (Å²) in [5.74, 6) is 0.944. The zero-order valence-corrected chi connectivity index (χ0v) is 9.37. The van der Waals surface area contributed by atoms with Gasteiger partial charge in [0.15, 0.2) is 0 Å². The van der Waals surface area contributed by atoms with Crippen LogP contribution in [-0.2, 0) is 4.74 Å². The maximum absolute atomic E-state index is 5.42. The van der Waals surface area contributed by atoms with Gasteiger partial charge in [-0.15, -0.1) is 0 Å². The first kappa shape index (κ1) is 10.4. The third-order valence-electron chi connectivity index (χ3n) is 3.76. The fourth-order valence-corrected chi connectivity index (χ4v) is 2.70. The van der Waals surface area contributed by atoms with Gasteiger partial charge in [-0.2, -0.15) is 0 Å². The quantitative estimate of drug-likeness (QED) is 0.639. The Kier molecular flexibility index (Phi) is 3.82. The molecule has 2 heteroatoms. The highest BCUT2D eigenvalue weighted by Gasteiger charge is 2.23. The first-order valence-electron chi connectivity index (χ1n) is 6.18. The molecule has 2 aliphatic heterocycles. The predicted molar refractivity (Wildman–Crippen MR) is 58.4 cm³/mol. The zero-order chi connectivity index (χ0) is 9.80. The molecule has 0 aromatic carbocycles. The van der Waals surface area contributed by atoms with Gasteiger partial charge in [-0.05, 0) is 51.1 Å². The van der Waals surface area contributed by atoms with Gasteiger partial charge in [0.2, 0.25) is 0 Å². The van der Waals surface area contributed by atoms with E-state index in [4.69, 9.17) is 4.74 Å². The van der Waals surface area contributed by atoms with Crippen molar-refractivity contribution in [2.75, 3.05) is 26.3 Å². The summed E-state index contributed by atoms with van der Waals surface area (Å²) in [6.07, 6.45) is 6.75. The molecular weight excluding hydrogens is 174 g/mol. The molecule has 0 unspecified atom stereocenters. The highest BCUT2D eigenvalue weighted by molar-refractivity contribution is 4.77. The summed E-state index contributed by atoms with van der Waals surface area (Å²) >= 11 is 0. The van der Waals surface area contributed by atoms with Gasteiger partial charge in [0.05, 0.1) is 0 Å². The molecule has 0 amide bonds. The van der Waals surface area contributed by atoms with Gasteiger partial charge in [-0.25, -0.2) is 0 Å². The number of hydrogen-bond donors (Lipinski definition) is 0. The van der Waals surface area contributed by atoms with Crippen LogP contribution in [-0.4, -0.2) is 37.2 Å². The molecule has 0 N–H and O–H groups in total. The Hall–Kier alpha value is -0.0800. The van der Waals surface area contributed by atoms with Crippen LogP contribution in [0, 0.1) is 5.92 Å². The molecule has 0 saturated carbocycles. The lowest BCUT2D eigenvalue weighted by Gasteiger charge is -2.33. The van der Waals surface area contributed by atoms with Crippen LogP contribution < -0.4 is 0 Å². The molecule has 2 heterocycles. The number of likely N-dealkylation sites (tertiary alicyclic amines) is 1. The molecule has 2 fully saturated rings. The second kappa shape index (κ2) is 5.13. The Bertz CT molecular complexity index is 166. The Balaban J connectivity index is 1.83. The minimum atomic E-state index is 0.828. The van der Waals surface area contributed by atoms with Crippen molar-refractivity contribution in [1.82, 2.24) is 4.90 Å². The van der Waals surface area contributed by atoms with Crippen molar-refractivity contribution in [1.29, 1.82) is 0 Å². The van der Waals surface area contributed by atoms with E-state index in [1.54, 1.807) is 0 Å². The van der Waals surface area contributed by atoms with Gasteiger partial charge in [-0.3, -0.25) is 0 Å². The summed E-state index contributed by atoms with van der Waals surface area (Å²) in [6.45, 7) is 7.02. The van der Waals surface area contributed by atoms with E-state index in [-0.39, 0.29) is 0 Å². The van der Waals surface area contributed by atoms with Crippen molar-refractivity contribution in [3.05, 3.63) is 0 Å². The van der Waals surface area contributed by atoms with Gasteiger partial charge in [-0.1, -0.05) is 6.92 Å². The molecule has 82 valence electrons. The monoisotopic (exact) mass is 197 g/mol. The highest BCUT2D eigenvalue weighted by Crippen LogP contribution is 2.21. The minimum absolute atomic E-state index is 0.828. The first-order chi connectivity index (χ1) is 6.86. The SMILES string of the molecule is C[C@@H]1CCCN(C2CCOCC2)CC1. The molecule has 2 aliphatic rings. The van der Waals surface area contributed by atoms with Gasteiger partial charge in [0.25, 0.3) is 0 Å². The third kappa shape index (κ3) is 2.71. The van der Waals surface area contributed by atoms with Crippen molar-refractivity contribution < 1.29 is 4.74 Å². The van der Waals surface area contributed by atoms with E-state index in [1.165, 1.54) is 45.2 Å². The molecule has 14 heavy (non-hydrogen) atoms. The maximum atomic E-state index is 5.42. The van der Waals surface area contributed by atoms with Crippen LogP contribution in [0.2, 0.25) is 0 Å². The summed E-state index contributed by atoms with van der Waals surface area (Å²) in [5.41, 5.74) is 0. The normalized spacial score (nSPS) is 32.8. The number of hydrogen-bond acceptors (Lipinski definition) is 2. The van der Waals surface area contributed by atoms with Crippen LogP contribution in [0.5, 0.6) is 0 Å². The first-order valence-corrected chi connectivity index (χ1v) is 6.18. The predicted octanol–water partition coefficient (Wildman–Crippen LogP) is 2.29. The number of ether oxygens (including phenoxy) is 1. The molecule has 2 nitrogen and oxygen atoms in total. The molecule has 0 radical (unpaired) electrons. The van der Waals surface area contributed by atoms with Crippen LogP contribution in [0.15, 0.2) is 0 Å². The second-order valence-electron chi connectivity index (χ2n) is 4.92.